The Hall–Kier alpha value is -0.320. The number of ether oxygens (including phenoxy) is 1. The molecule has 0 aromatic heterocycles. The third kappa shape index (κ3) is 2.65. The lowest BCUT2D eigenvalue weighted by molar-refractivity contribution is -0.130. The second-order valence-corrected chi connectivity index (χ2v) is 5.80. The van der Waals surface area contributed by atoms with Crippen LogP contribution >= 0.6 is 12.4 Å². The van der Waals surface area contributed by atoms with Gasteiger partial charge in [0.1, 0.15) is 6.04 Å². The fourth-order valence-electron chi connectivity index (χ4n) is 3.72. The summed E-state index contributed by atoms with van der Waals surface area (Å²) in [6.07, 6.45) is 5.19. The van der Waals surface area contributed by atoms with Crippen molar-refractivity contribution in [2.75, 3.05) is 13.2 Å². The van der Waals surface area contributed by atoms with Gasteiger partial charge in [0.05, 0.1) is 12.7 Å². The van der Waals surface area contributed by atoms with Crippen LogP contribution in [0.1, 0.15) is 32.6 Å². The number of halogens is 1. The molecular weight excluding hydrogens is 252 g/mol. The average molecular weight is 275 g/mol. The summed E-state index contributed by atoms with van der Waals surface area (Å²) in [7, 11) is 0. The van der Waals surface area contributed by atoms with Crippen molar-refractivity contribution in [1.29, 1.82) is 0 Å². The Bertz CT molecular complexity index is 313. The maximum Gasteiger partial charge on any atom is 0.240 e. The molecule has 1 saturated heterocycles. The minimum Gasteiger partial charge on any atom is -0.375 e. The number of carbonyl (C=O) groups excluding carboxylic acids is 1. The molecule has 2 bridgehead atoms. The van der Waals surface area contributed by atoms with Gasteiger partial charge in [-0.25, -0.2) is 0 Å². The number of fused-ring (bicyclic) bond motifs is 2. The van der Waals surface area contributed by atoms with E-state index in [2.05, 4.69) is 10.6 Å². The Morgan fingerprint density at radius 3 is 2.78 bits per heavy atom. The van der Waals surface area contributed by atoms with Crippen LogP contribution in [0, 0.1) is 11.8 Å². The number of morpholine rings is 1. The SMILES string of the molecule is C[C@H]1OCCN[C@@H]1C(=O)NC1CC2CCC1C2.Cl. The summed E-state index contributed by atoms with van der Waals surface area (Å²) in [4.78, 5) is 12.2. The molecule has 0 radical (unpaired) electrons. The normalized spacial score (nSPS) is 42.4. The highest BCUT2D eigenvalue weighted by Crippen LogP contribution is 2.44. The van der Waals surface area contributed by atoms with E-state index in [1.54, 1.807) is 0 Å². The largest absolute Gasteiger partial charge is 0.375 e. The lowest BCUT2D eigenvalue weighted by atomic mass is 9.95. The lowest BCUT2D eigenvalue weighted by Gasteiger charge is -2.31. The topological polar surface area (TPSA) is 50.4 Å². The average Bonchev–Trinajstić information content (AvgIpc) is 2.91. The third-order valence-corrected chi connectivity index (χ3v) is 4.66. The highest BCUT2D eigenvalue weighted by molar-refractivity contribution is 5.85. The Balaban J connectivity index is 0.00000120. The first-order chi connectivity index (χ1) is 8.24. The number of nitrogens with one attached hydrogen (secondary N) is 2. The lowest BCUT2D eigenvalue weighted by Crippen LogP contribution is -2.57. The van der Waals surface area contributed by atoms with Gasteiger partial charge in [-0.3, -0.25) is 4.79 Å². The summed E-state index contributed by atoms with van der Waals surface area (Å²) in [6, 6.07) is 0.264. The third-order valence-electron chi connectivity index (χ3n) is 4.66. The highest BCUT2D eigenvalue weighted by atomic mass is 35.5. The van der Waals surface area contributed by atoms with E-state index in [0.29, 0.717) is 12.6 Å². The number of amides is 1. The Morgan fingerprint density at radius 1 is 1.33 bits per heavy atom. The fraction of sp³-hybridized carbons (Fsp3) is 0.923. The molecule has 1 heterocycles. The zero-order chi connectivity index (χ0) is 11.8. The molecule has 3 fully saturated rings. The Labute approximate surface area is 115 Å². The molecule has 0 aromatic carbocycles. The summed E-state index contributed by atoms with van der Waals surface area (Å²) in [5, 5.41) is 6.48. The van der Waals surface area contributed by atoms with Crippen LogP contribution in [-0.2, 0) is 9.53 Å². The number of hydrogen-bond acceptors (Lipinski definition) is 3. The zero-order valence-corrected chi connectivity index (χ0v) is 11.7. The van der Waals surface area contributed by atoms with Crippen molar-refractivity contribution in [2.24, 2.45) is 11.8 Å². The molecule has 1 aliphatic heterocycles. The van der Waals surface area contributed by atoms with Crippen molar-refractivity contribution in [3.63, 3.8) is 0 Å². The van der Waals surface area contributed by atoms with Gasteiger partial charge in [0.15, 0.2) is 0 Å². The highest BCUT2D eigenvalue weighted by Gasteiger charge is 2.41. The van der Waals surface area contributed by atoms with Crippen molar-refractivity contribution in [3.8, 4) is 0 Å². The van der Waals surface area contributed by atoms with Gasteiger partial charge in [0.25, 0.3) is 0 Å². The first-order valence-corrected chi connectivity index (χ1v) is 6.89. The minimum absolute atomic E-state index is 0. The molecular formula is C13H23ClN2O2. The fourth-order valence-corrected chi connectivity index (χ4v) is 3.72. The molecule has 1 amide bonds. The van der Waals surface area contributed by atoms with Crippen LogP contribution in [0.25, 0.3) is 0 Å². The molecule has 104 valence electrons. The molecule has 0 spiro atoms. The first kappa shape index (κ1) is 14.1. The molecule has 4 nitrogen and oxygen atoms in total. The number of rotatable bonds is 2. The van der Waals surface area contributed by atoms with Crippen molar-refractivity contribution in [2.45, 2.75) is 50.8 Å². The van der Waals surface area contributed by atoms with Gasteiger partial charge in [-0.2, -0.15) is 0 Å². The van der Waals surface area contributed by atoms with Crippen molar-refractivity contribution >= 4 is 18.3 Å². The standard InChI is InChI=1S/C13H22N2O2.ClH/c1-8-12(14-4-5-17-8)13(16)15-11-7-9-2-3-10(11)6-9;/h8-12,14H,2-7H2,1H3,(H,15,16);1H/t8-,9?,10?,11?,12+;/m1./s1. The summed E-state index contributed by atoms with van der Waals surface area (Å²) in [5.41, 5.74) is 0. The van der Waals surface area contributed by atoms with E-state index in [-0.39, 0.29) is 30.5 Å². The van der Waals surface area contributed by atoms with Gasteiger partial charge in [-0.05, 0) is 38.0 Å². The summed E-state index contributed by atoms with van der Waals surface area (Å²) < 4.78 is 5.51. The minimum atomic E-state index is -0.164. The molecule has 3 aliphatic rings. The predicted octanol–water partition coefficient (Wildman–Crippen LogP) is 1.09. The van der Waals surface area contributed by atoms with E-state index >= 15 is 0 Å². The van der Waals surface area contributed by atoms with Gasteiger partial charge in [0.2, 0.25) is 5.91 Å². The maximum absolute atomic E-state index is 12.2. The van der Waals surface area contributed by atoms with Gasteiger partial charge < -0.3 is 15.4 Å². The maximum atomic E-state index is 12.2. The summed E-state index contributed by atoms with van der Waals surface area (Å²) in [6.45, 7) is 3.45. The van der Waals surface area contributed by atoms with Crippen LogP contribution in [0.4, 0.5) is 0 Å². The predicted molar refractivity (Wildman–Crippen MR) is 71.8 cm³/mol. The van der Waals surface area contributed by atoms with Crippen LogP contribution in [0.3, 0.4) is 0 Å². The molecule has 5 atom stereocenters. The van der Waals surface area contributed by atoms with Crippen LogP contribution in [0.5, 0.6) is 0 Å². The van der Waals surface area contributed by atoms with E-state index in [4.69, 9.17) is 4.74 Å². The summed E-state index contributed by atoms with van der Waals surface area (Å²) >= 11 is 0. The van der Waals surface area contributed by atoms with E-state index < -0.39 is 0 Å². The van der Waals surface area contributed by atoms with Gasteiger partial charge in [-0.15, -0.1) is 12.4 Å². The smallest absolute Gasteiger partial charge is 0.240 e. The number of hydrogen-bond donors (Lipinski definition) is 2. The Morgan fingerprint density at radius 2 is 2.17 bits per heavy atom. The van der Waals surface area contributed by atoms with Crippen LogP contribution in [-0.4, -0.2) is 37.2 Å². The van der Waals surface area contributed by atoms with Crippen LogP contribution in [0.2, 0.25) is 0 Å². The number of carbonyl (C=O) groups is 1. The van der Waals surface area contributed by atoms with Gasteiger partial charge in [0, 0.05) is 12.6 Å². The van der Waals surface area contributed by atoms with Crippen molar-refractivity contribution < 1.29 is 9.53 Å². The van der Waals surface area contributed by atoms with E-state index in [9.17, 15) is 4.79 Å². The van der Waals surface area contributed by atoms with E-state index in [0.717, 1.165) is 18.4 Å². The van der Waals surface area contributed by atoms with E-state index in [1.807, 2.05) is 6.92 Å². The molecule has 5 heteroatoms. The second kappa shape index (κ2) is 5.76. The molecule has 0 aromatic rings. The van der Waals surface area contributed by atoms with E-state index in [1.165, 1.54) is 25.7 Å². The molecule has 3 rings (SSSR count). The molecule has 2 saturated carbocycles. The van der Waals surface area contributed by atoms with Crippen LogP contribution < -0.4 is 10.6 Å². The van der Waals surface area contributed by atoms with Crippen LogP contribution in [0.15, 0.2) is 0 Å². The molecule has 3 unspecified atom stereocenters. The molecule has 2 N–H and O–H groups in total. The first-order valence-electron chi connectivity index (χ1n) is 6.89. The monoisotopic (exact) mass is 274 g/mol. The Kier molecular flexibility index (Phi) is 4.51. The quantitative estimate of drug-likeness (QED) is 0.793. The molecule has 2 aliphatic carbocycles. The van der Waals surface area contributed by atoms with Crippen molar-refractivity contribution in [3.05, 3.63) is 0 Å². The summed E-state index contributed by atoms with van der Waals surface area (Å²) in [5.74, 6) is 1.75. The van der Waals surface area contributed by atoms with Crippen molar-refractivity contribution in [1.82, 2.24) is 10.6 Å². The zero-order valence-electron chi connectivity index (χ0n) is 10.9. The molecule has 18 heavy (non-hydrogen) atoms. The second-order valence-electron chi connectivity index (χ2n) is 5.80. The van der Waals surface area contributed by atoms with Gasteiger partial charge >= 0.3 is 0 Å². The van der Waals surface area contributed by atoms with Gasteiger partial charge in [-0.1, -0.05) is 6.42 Å².